The molecule has 3 aromatic rings. The Morgan fingerprint density at radius 2 is 1.60 bits per heavy atom. The van der Waals surface area contributed by atoms with Crippen molar-refractivity contribution in [2.24, 2.45) is 11.8 Å². The second kappa shape index (κ2) is 12.6. The van der Waals surface area contributed by atoms with E-state index in [0.29, 0.717) is 22.6 Å². The van der Waals surface area contributed by atoms with E-state index in [9.17, 15) is 32.7 Å². The number of thioether (sulfide) groups is 1. The maximum atomic E-state index is 13.6. The van der Waals surface area contributed by atoms with E-state index in [-0.39, 0.29) is 11.4 Å². The first-order valence-corrected chi connectivity index (χ1v) is 13.5. The van der Waals surface area contributed by atoms with Crippen LogP contribution in [0, 0.1) is 11.8 Å². The molecule has 11 heteroatoms. The molecule has 1 aliphatic carbocycles. The smallest absolute Gasteiger partial charge is 0.418 e. The number of allylic oxidation sites excluding steroid dienone is 2. The third-order valence-electron chi connectivity index (χ3n) is 6.33. The number of anilines is 2. The molecule has 0 saturated carbocycles. The lowest BCUT2D eigenvalue weighted by molar-refractivity contribution is -0.146. The third kappa shape index (κ3) is 7.25. The summed E-state index contributed by atoms with van der Waals surface area (Å²) in [7, 11) is 0. The lowest BCUT2D eigenvalue weighted by atomic mass is 9.82. The van der Waals surface area contributed by atoms with Crippen molar-refractivity contribution < 1.29 is 32.7 Å². The molecule has 0 bridgehead atoms. The minimum atomic E-state index is -4.73. The predicted molar refractivity (Wildman–Crippen MR) is 148 cm³/mol. The molecule has 3 aromatic carbocycles. The maximum Gasteiger partial charge on any atom is 0.418 e. The Hall–Kier alpha value is -3.76. The molecular weight excluding hydrogens is 565 g/mol. The Morgan fingerprint density at radius 3 is 2.27 bits per heavy atom. The molecule has 3 unspecified atom stereocenters. The first-order chi connectivity index (χ1) is 19.0. The van der Waals surface area contributed by atoms with Crippen LogP contribution in [0.25, 0.3) is 0 Å². The van der Waals surface area contributed by atoms with Gasteiger partial charge in [0.2, 0.25) is 11.8 Å². The fourth-order valence-electron chi connectivity index (χ4n) is 4.35. The number of hydrogen-bond donors (Lipinski definition) is 3. The fourth-order valence-corrected chi connectivity index (χ4v) is 5.61. The lowest BCUT2D eigenvalue weighted by Crippen LogP contribution is -2.34. The quantitative estimate of drug-likeness (QED) is 0.188. The molecule has 3 atom stereocenters. The number of carboxylic acid groups (broad SMARTS) is 1. The molecule has 208 valence electrons. The number of alkyl halides is 3. The van der Waals surface area contributed by atoms with Crippen molar-refractivity contribution in [3.05, 3.63) is 101 Å². The minimum absolute atomic E-state index is 0.114. The molecule has 2 amide bonds. The Labute approximate surface area is 237 Å². The number of amides is 2. The van der Waals surface area contributed by atoms with Gasteiger partial charge in [-0.3, -0.25) is 14.4 Å². The van der Waals surface area contributed by atoms with Gasteiger partial charge in [-0.05, 0) is 54.8 Å². The molecule has 4 rings (SSSR count). The van der Waals surface area contributed by atoms with Crippen LogP contribution in [0.4, 0.5) is 24.5 Å². The number of halogens is 4. The summed E-state index contributed by atoms with van der Waals surface area (Å²) in [6, 6.07) is 18.3. The summed E-state index contributed by atoms with van der Waals surface area (Å²) >= 11 is 6.86. The van der Waals surface area contributed by atoms with E-state index in [4.69, 9.17) is 11.6 Å². The van der Waals surface area contributed by atoms with E-state index in [1.54, 1.807) is 66.7 Å². The van der Waals surface area contributed by atoms with E-state index in [1.807, 2.05) is 0 Å². The molecule has 3 N–H and O–H groups in total. The Balaban J connectivity index is 1.57. The summed E-state index contributed by atoms with van der Waals surface area (Å²) in [6.45, 7) is 0. The van der Waals surface area contributed by atoms with E-state index < -0.39 is 52.3 Å². The van der Waals surface area contributed by atoms with Gasteiger partial charge in [0.1, 0.15) is 5.25 Å². The van der Waals surface area contributed by atoms with Crippen LogP contribution in [-0.4, -0.2) is 22.9 Å². The van der Waals surface area contributed by atoms with Gasteiger partial charge in [-0.25, -0.2) is 0 Å². The van der Waals surface area contributed by atoms with E-state index in [2.05, 4.69) is 10.6 Å². The Kier molecular flexibility index (Phi) is 9.21. The van der Waals surface area contributed by atoms with Crippen molar-refractivity contribution in [2.45, 2.75) is 29.2 Å². The topological polar surface area (TPSA) is 95.5 Å². The molecular formula is C29H24ClF3N2O4S. The summed E-state index contributed by atoms with van der Waals surface area (Å²) in [5, 5.41) is 13.6. The van der Waals surface area contributed by atoms with Crippen molar-refractivity contribution in [2.75, 3.05) is 10.6 Å². The van der Waals surface area contributed by atoms with E-state index >= 15 is 0 Å². The number of carbonyl (C=O) groups is 3. The largest absolute Gasteiger partial charge is 0.481 e. The van der Waals surface area contributed by atoms with Gasteiger partial charge >= 0.3 is 12.1 Å². The van der Waals surface area contributed by atoms with Gasteiger partial charge in [-0.2, -0.15) is 13.2 Å². The molecule has 0 heterocycles. The van der Waals surface area contributed by atoms with Gasteiger partial charge in [0.05, 0.1) is 23.1 Å². The fraction of sp³-hybridized carbons (Fsp3) is 0.207. The maximum absolute atomic E-state index is 13.6. The number of aliphatic carboxylic acids is 1. The summed E-state index contributed by atoms with van der Waals surface area (Å²) in [5.74, 6) is -3.72. The summed E-state index contributed by atoms with van der Waals surface area (Å²) in [6.07, 6.45) is -0.637. The lowest BCUT2D eigenvalue weighted by Gasteiger charge is -2.24. The number of carboxylic acids is 1. The monoisotopic (exact) mass is 588 g/mol. The van der Waals surface area contributed by atoms with Gasteiger partial charge < -0.3 is 15.7 Å². The third-order valence-corrected chi connectivity index (χ3v) is 7.81. The normalized spacial score (nSPS) is 17.6. The molecule has 1 aliphatic rings. The van der Waals surface area contributed by atoms with Crippen molar-refractivity contribution in [3.8, 4) is 0 Å². The van der Waals surface area contributed by atoms with Crippen LogP contribution in [0.3, 0.4) is 0 Å². The number of rotatable bonds is 8. The molecule has 0 aliphatic heterocycles. The highest BCUT2D eigenvalue weighted by atomic mass is 35.5. The summed E-state index contributed by atoms with van der Waals surface area (Å²) in [5.41, 5.74) is -0.524. The van der Waals surface area contributed by atoms with Gasteiger partial charge in [0.15, 0.2) is 0 Å². The second-order valence-corrected chi connectivity index (χ2v) is 10.7. The Morgan fingerprint density at radius 1 is 0.900 bits per heavy atom. The SMILES string of the molecule is O=C(Nc1ccc(Cl)cc1C(F)(F)F)C(Sc1cccc(NC(=O)C2CC=CCC2C(=O)O)c1)c1ccccc1. The van der Waals surface area contributed by atoms with E-state index in [0.717, 1.165) is 23.9 Å². The zero-order valence-corrected chi connectivity index (χ0v) is 22.4. The van der Waals surface area contributed by atoms with Crippen molar-refractivity contribution in [1.29, 1.82) is 0 Å². The number of nitrogens with one attached hydrogen (secondary N) is 2. The van der Waals surface area contributed by atoms with Gasteiger partial charge in [0, 0.05) is 15.6 Å². The van der Waals surface area contributed by atoms with Crippen LogP contribution in [0.2, 0.25) is 5.02 Å². The highest BCUT2D eigenvalue weighted by Gasteiger charge is 2.36. The molecule has 0 spiro atoms. The average Bonchev–Trinajstić information content (AvgIpc) is 2.92. The highest BCUT2D eigenvalue weighted by molar-refractivity contribution is 8.00. The van der Waals surface area contributed by atoms with Crippen molar-refractivity contribution in [3.63, 3.8) is 0 Å². The van der Waals surface area contributed by atoms with Crippen LogP contribution >= 0.6 is 23.4 Å². The zero-order chi connectivity index (χ0) is 28.9. The highest BCUT2D eigenvalue weighted by Crippen LogP contribution is 2.40. The van der Waals surface area contributed by atoms with Crippen LogP contribution in [-0.2, 0) is 20.6 Å². The van der Waals surface area contributed by atoms with Crippen molar-refractivity contribution >= 4 is 52.5 Å². The molecule has 40 heavy (non-hydrogen) atoms. The average molecular weight is 589 g/mol. The summed E-state index contributed by atoms with van der Waals surface area (Å²) < 4.78 is 40.8. The van der Waals surface area contributed by atoms with Crippen molar-refractivity contribution in [1.82, 2.24) is 0 Å². The predicted octanol–water partition coefficient (Wildman–Crippen LogP) is 7.44. The zero-order valence-electron chi connectivity index (χ0n) is 20.8. The van der Waals surface area contributed by atoms with Crippen LogP contribution in [0.5, 0.6) is 0 Å². The van der Waals surface area contributed by atoms with Crippen LogP contribution < -0.4 is 10.6 Å². The van der Waals surface area contributed by atoms with Gasteiger partial charge in [0.25, 0.3) is 0 Å². The minimum Gasteiger partial charge on any atom is -0.481 e. The van der Waals surface area contributed by atoms with Gasteiger partial charge in [-0.15, -0.1) is 11.8 Å². The number of carbonyl (C=O) groups excluding carboxylic acids is 2. The molecule has 0 fully saturated rings. The summed E-state index contributed by atoms with van der Waals surface area (Å²) in [4.78, 5) is 38.4. The molecule has 0 radical (unpaired) electrons. The molecule has 0 aromatic heterocycles. The molecule has 6 nitrogen and oxygen atoms in total. The first kappa shape index (κ1) is 29.2. The Bertz CT molecular complexity index is 1430. The van der Waals surface area contributed by atoms with Gasteiger partial charge in [-0.1, -0.05) is 60.2 Å². The number of hydrogen-bond acceptors (Lipinski definition) is 4. The standard InChI is InChI=1S/C29H24ClF3N2O4S/c30-18-13-14-24(23(15-18)29(31,32)33)35-27(37)25(17-7-2-1-3-8-17)40-20-10-6-9-19(16-20)34-26(36)21-11-4-5-12-22(21)28(38)39/h1-10,13-16,21-22,25H,11-12H2,(H,34,36)(H,35,37)(H,38,39). The molecule has 0 saturated heterocycles. The van der Waals surface area contributed by atoms with Crippen LogP contribution in [0.15, 0.2) is 89.8 Å². The van der Waals surface area contributed by atoms with Crippen LogP contribution in [0.1, 0.15) is 29.2 Å². The number of benzene rings is 3. The second-order valence-electron chi connectivity index (χ2n) is 9.10. The first-order valence-electron chi connectivity index (χ1n) is 12.2. The van der Waals surface area contributed by atoms with E-state index in [1.165, 1.54) is 6.07 Å².